The van der Waals surface area contributed by atoms with Gasteiger partial charge in [0.15, 0.2) is 16.7 Å². The minimum atomic E-state index is -0.340. The first-order valence-corrected chi connectivity index (χ1v) is 12.4. The average molecular weight is 639 g/mol. The lowest BCUT2D eigenvalue weighted by Crippen LogP contribution is -2.19. The highest BCUT2D eigenvalue weighted by Crippen LogP contribution is 2.39. The van der Waals surface area contributed by atoms with Crippen LogP contribution in [0.2, 0.25) is 0 Å². The number of amidine groups is 1. The summed E-state index contributed by atoms with van der Waals surface area (Å²) >= 11 is 7.03. The van der Waals surface area contributed by atoms with Crippen LogP contribution in [0.4, 0.5) is 10.1 Å². The fourth-order valence-electron chi connectivity index (χ4n) is 2.96. The molecule has 0 aromatic heterocycles. The molecule has 9 heteroatoms. The van der Waals surface area contributed by atoms with Crippen molar-refractivity contribution in [2.75, 3.05) is 7.11 Å². The molecule has 1 aliphatic heterocycles. The van der Waals surface area contributed by atoms with Gasteiger partial charge in [-0.05, 0) is 116 Å². The van der Waals surface area contributed by atoms with Gasteiger partial charge in [0.1, 0.15) is 12.4 Å². The van der Waals surface area contributed by atoms with Gasteiger partial charge in [0, 0.05) is 3.57 Å². The zero-order valence-electron chi connectivity index (χ0n) is 17.3. The average Bonchev–Trinajstić information content (AvgIpc) is 3.13. The Labute approximate surface area is 216 Å². The molecule has 1 saturated heterocycles. The molecule has 0 unspecified atom stereocenters. The van der Waals surface area contributed by atoms with Gasteiger partial charge >= 0.3 is 0 Å². The van der Waals surface area contributed by atoms with E-state index in [4.69, 9.17) is 9.47 Å². The minimum absolute atomic E-state index is 0.255. The van der Waals surface area contributed by atoms with Crippen LogP contribution in [-0.2, 0) is 11.4 Å². The molecule has 1 N–H and O–H groups in total. The van der Waals surface area contributed by atoms with Crippen LogP contribution in [0.3, 0.4) is 0 Å². The molecule has 0 saturated carbocycles. The van der Waals surface area contributed by atoms with Crippen molar-refractivity contribution < 1.29 is 18.7 Å². The molecule has 1 heterocycles. The van der Waals surface area contributed by atoms with E-state index in [2.05, 4.69) is 48.8 Å². The summed E-state index contributed by atoms with van der Waals surface area (Å²) in [5, 5.41) is 3.16. The fraction of sp³-hybridized carbons (Fsp3) is 0.0833. The van der Waals surface area contributed by atoms with Gasteiger partial charge < -0.3 is 14.8 Å². The predicted molar refractivity (Wildman–Crippen MR) is 141 cm³/mol. The van der Waals surface area contributed by atoms with Gasteiger partial charge in [0.2, 0.25) is 0 Å². The summed E-state index contributed by atoms with van der Waals surface area (Å²) < 4.78 is 26.5. The Hall–Kier alpha value is -2.37. The van der Waals surface area contributed by atoms with Gasteiger partial charge in [-0.3, -0.25) is 4.79 Å². The maximum absolute atomic E-state index is 13.1. The Morgan fingerprint density at radius 1 is 1.15 bits per heavy atom. The van der Waals surface area contributed by atoms with E-state index in [-0.39, 0.29) is 11.7 Å². The third-order valence-electron chi connectivity index (χ3n) is 4.55. The molecule has 33 heavy (non-hydrogen) atoms. The lowest BCUT2D eigenvalue weighted by Gasteiger charge is -2.14. The van der Waals surface area contributed by atoms with E-state index in [1.807, 2.05) is 36.4 Å². The Balaban J connectivity index is 1.52. The number of amides is 1. The first-order valence-electron chi connectivity index (χ1n) is 9.71. The lowest BCUT2D eigenvalue weighted by molar-refractivity contribution is -0.115. The van der Waals surface area contributed by atoms with Crippen LogP contribution in [0, 0.1) is 9.39 Å². The lowest BCUT2D eigenvalue weighted by atomic mass is 10.2. The number of nitrogens with one attached hydrogen (secondary N) is 1. The number of halogens is 3. The molecule has 1 amide bonds. The van der Waals surface area contributed by atoms with Crippen LogP contribution in [0.5, 0.6) is 11.5 Å². The monoisotopic (exact) mass is 638 g/mol. The summed E-state index contributed by atoms with van der Waals surface area (Å²) in [6.45, 7) is 0.397. The van der Waals surface area contributed by atoms with Gasteiger partial charge in [0.05, 0.1) is 22.2 Å². The van der Waals surface area contributed by atoms with Crippen molar-refractivity contribution >= 4 is 73.1 Å². The highest BCUT2D eigenvalue weighted by Gasteiger charge is 2.24. The van der Waals surface area contributed by atoms with Crippen LogP contribution in [0.15, 0.2) is 75.0 Å². The number of carbonyl (C=O) groups excluding carboxylic acids is 1. The van der Waals surface area contributed by atoms with Crippen LogP contribution < -0.4 is 14.8 Å². The third kappa shape index (κ3) is 6.15. The second-order valence-corrected chi connectivity index (χ2v) is 10.0. The van der Waals surface area contributed by atoms with Crippen molar-refractivity contribution in [1.29, 1.82) is 0 Å². The van der Waals surface area contributed by atoms with E-state index in [9.17, 15) is 9.18 Å². The van der Waals surface area contributed by atoms with Gasteiger partial charge in [0.25, 0.3) is 5.91 Å². The SMILES string of the molecule is COc1cc(/C=C2/SC(=Nc3ccc(F)cc3)NC2=O)cc(Br)c1OCc1ccc(I)cc1. The molecule has 0 atom stereocenters. The van der Waals surface area contributed by atoms with Crippen LogP contribution in [0.25, 0.3) is 6.08 Å². The summed E-state index contributed by atoms with van der Waals surface area (Å²) in [6, 6.07) is 17.5. The zero-order valence-corrected chi connectivity index (χ0v) is 21.8. The molecule has 1 aliphatic rings. The molecule has 0 aliphatic carbocycles. The van der Waals surface area contributed by atoms with E-state index in [1.54, 1.807) is 25.3 Å². The second-order valence-electron chi connectivity index (χ2n) is 6.91. The molecule has 168 valence electrons. The number of methoxy groups -OCH3 is 1. The number of hydrogen-bond donors (Lipinski definition) is 1. The van der Waals surface area contributed by atoms with Crippen molar-refractivity contribution in [1.82, 2.24) is 5.32 Å². The van der Waals surface area contributed by atoms with Gasteiger partial charge in [-0.1, -0.05) is 12.1 Å². The van der Waals surface area contributed by atoms with E-state index in [0.717, 1.165) is 14.7 Å². The molecule has 3 aromatic rings. The largest absolute Gasteiger partial charge is 0.493 e. The quantitative estimate of drug-likeness (QED) is 0.242. The number of thioether (sulfide) groups is 1. The minimum Gasteiger partial charge on any atom is -0.493 e. The Bertz CT molecular complexity index is 1250. The van der Waals surface area contributed by atoms with Gasteiger partial charge in [-0.25, -0.2) is 9.38 Å². The maximum atomic E-state index is 13.1. The number of ether oxygens (including phenoxy) is 2. The summed E-state index contributed by atoms with van der Waals surface area (Å²) in [7, 11) is 1.57. The van der Waals surface area contributed by atoms with Crippen molar-refractivity contribution in [3.05, 3.63) is 90.6 Å². The molecule has 0 spiro atoms. The number of aliphatic imine (C=N–C) groups is 1. The summed E-state index contributed by atoms with van der Waals surface area (Å²) in [6.07, 6.45) is 1.75. The molecule has 5 nitrogen and oxygen atoms in total. The van der Waals surface area contributed by atoms with Gasteiger partial charge in [-0.15, -0.1) is 0 Å². The fourth-order valence-corrected chi connectivity index (χ4v) is 4.74. The topological polar surface area (TPSA) is 59.9 Å². The standard InChI is InChI=1S/C24H17BrFIN2O3S/c1-31-20-11-15(10-19(25)22(20)32-13-14-2-6-17(27)7-3-14)12-21-23(30)29-24(33-21)28-18-8-4-16(26)5-9-18/h2-12H,13H2,1H3,(H,28,29,30)/b21-12+. The summed E-state index contributed by atoms with van der Waals surface area (Å²) in [4.78, 5) is 17.2. The van der Waals surface area contributed by atoms with E-state index >= 15 is 0 Å². The van der Waals surface area contributed by atoms with E-state index < -0.39 is 0 Å². The van der Waals surface area contributed by atoms with Crippen LogP contribution in [-0.4, -0.2) is 18.2 Å². The molecule has 0 radical (unpaired) electrons. The van der Waals surface area contributed by atoms with Gasteiger partial charge in [-0.2, -0.15) is 0 Å². The zero-order chi connectivity index (χ0) is 23.4. The third-order valence-corrected chi connectivity index (χ3v) is 6.77. The summed E-state index contributed by atoms with van der Waals surface area (Å²) in [5.74, 6) is 0.536. The molecule has 3 aromatic carbocycles. The normalized spacial score (nSPS) is 15.7. The first kappa shape index (κ1) is 23.8. The number of carbonyl (C=O) groups is 1. The van der Waals surface area contributed by atoms with Crippen molar-refractivity contribution in [2.45, 2.75) is 6.61 Å². The number of nitrogens with zero attached hydrogens (tertiary/aromatic N) is 1. The Morgan fingerprint density at radius 3 is 2.58 bits per heavy atom. The molecular formula is C24H17BrFIN2O3S. The predicted octanol–water partition coefficient (Wildman–Crippen LogP) is 6.67. The van der Waals surface area contributed by atoms with Crippen molar-refractivity contribution in [3.63, 3.8) is 0 Å². The van der Waals surface area contributed by atoms with Crippen LogP contribution >= 0.6 is 50.3 Å². The Kier molecular flexibility index (Phi) is 7.71. The van der Waals surface area contributed by atoms with Crippen molar-refractivity contribution in [3.8, 4) is 11.5 Å². The highest BCUT2D eigenvalue weighted by atomic mass is 127. The molecule has 0 bridgehead atoms. The first-order chi connectivity index (χ1) is 15.9. The maximum Gasteiger partial charge on any atom is 0.264 e. The summed E-state index contributed by atoms with van der Waals surface area (Å²) in [5.41, 5.74) is 2.36. The van der Waals surface area contributed by atoms with Crippen molar-refractivity contribution in [2.24, 2.45) is 4.99 Å². The molecule has 4 rings (SSSR count). The number of benzene rings is 3. The highest BCUT2D eigenvalue weighted by molar-refractivity contribution is 14.1. The van der Waals surface area contributed by atoms with Crippen LogP contribution in [0.1, 0.15) is 11.1 Å². The Morgan fingerprint density at radius 2 is 1.88 bits per heavy atom. The molecule has 1 fully saturated rings. The van der Waals surface area contributed by atoms with E-state index in [0.29, 0.717) is 38.3 Å². The molecular weight excluding hydrogens is 622 g/mol. The second kappa shape index (κ2) is 10.7. The van der Waals surface area contributed by atoms with E-state index in [1.165, 1.54) is 23.9 Å². The number of rotatable bonds is 6. The number of hydrogen-bond acceptors (Lipinski definition) is 5. The smallest absolute Gasteiger partial charge is 0.264 e.